The highest BCUT2D eigenvalue weighted by Crippen LogP contribution is 2.17. The highest BCUT2D eigenvalue weighted by atomic mass is 35.5. The van der Waals surface area contributed by atoms with E-state index in [9.17, 15) is 4.79 Å². The van der Waals surface area contributed by atoms with Crippen molar-refractivity contribution in [3.63, 3.8) is 0 Å². The Balaban J connectivity index is 0. The topological polar surface area (TPSA) is 68.0 Å². The minimum absolute atomic E-state index is 0. The molecule has 0 bridgehead atoms. The molecule has 0 saturated carbocycles. The van der Waals surface area contributed by atoms with Crippen LogP contribution in [0.3, 0.4) is 0 Å². The number of carbonyl (C=O) groups is 1. The van der Waals surface area contributed by atoms with Crippen LogP contribution < -0.4 is 11.1 Å². The number of rotatable bonds is 6. The number of nitrogens with zero attached hydrogens (tertiary/aromatic N) is 1. The van der Waals surface area contributed by atoms with Crippen LogP contribution in [0, 0.1) is 13.8 Å². The first kappa shape index (κ1) is 20.9. The molecule has 1 unspecified atom stereocenters. The molecule has 3 N–H and O–H groups in total. The van der Waals surface area contributed by atoms with Gasteiger partial charge in [-0.2, -0.15) is 0 Å². The standard InChI is InChI=1S/C12H21N3OS.2ClH/c1-4-5-6-10(7-13)15-12(16)11-8(2)14-9(3)17-11;;/h10H,4-7,13H2,1-3H3,(H,15,16);2*1H. The van der Waals surface area contributed by atoms with Crippen molar-refractivity contribution < 1.29 is 4.79 Å². The van der Waals surface area contributed by atoms with Crippen LogP contribution in [-0.4, -0.2) is 23.5 Å². The molecule has 0 aliphatic rings. The van der Waals surface area contributed by atoms with Gasteiger partial charge in [-0.25, -0.2) is 4.98 Å². The summed E-state index contributed by atoms with van der Waals surface area (Å²) in [6.07, 6.45) is 3.14. The fourth-order valence-corrected chi connectivity index (χ4v) is 2.52. The Morgan fingerprint density at radius 2 is 2.05 bits per heavy atom. The van der Waals surface area contributed by atoms with Crippen molar-refractivity contribution in [3.05, 3.63) is 15.6 Å². The highest BCUT2D eigenvalue weighted by Gasteiger charge is 2.16. The highest BCUT2D eigenvalue weighted by molar-refractivity contribution is 7.13. The van der Waals surface area contributed by atoms with Gasteiger partial charge in [0.1, 0.15) is 4.88 Å². The van der Waals surface area contributed by atoms with Gasteiger partial charge < -0.3 is 11.1 Å². The van der Waals surface area contributed by atoms with Gasteiger partial charge in [0.15, 0.2) is 0 Å². The fraction of sp³-hybridized carbons (Fsp3) is 0.667. The van der Waals surface area contributed by atoms with Crippen molar-refractivity contribution in [2.45, 2.75) is 46.1 Å². The number of amides is 1. The third kappa shape index (κ3) is 6.56. The molecular formula is C12H23Cl2N3OS. The lowest BCUT2D eigenvalue weighted by Gasteiger charge is -2.15. The van der Waals surface area contributed by atoms with Gasteiger partial charge in [-0.1, -0.05) is 19.8 Å². The summed E-state index contributed by atoms with van der Waals surface area (Å²) in [5, 5.41) is 3.90. The average Bonchev–Trinajstić information content (AvgIpc) is 2.63. The third-order valence-electron chi connectivity index (χ3n) is 2.64. The Bertz CT molecular complexity index is 385. The zero-order chi connectivity index (χ0) is 12.8. The number of aryl methyl sites for hydroxylation is 2. The van der Waals surface area contributed by atoms with E-state index in [-0.39, 0.29) is 36.8 Å². The summed E-state index contributed by atoms with van der Waals surface area (Å²) in [7, 11) is 0. The van der Waals surface area contributed by atoms with E-state index in [1.54, 1.807) is 0 Å². The maximum absolute atomic E-state index is 12.0. The van der Waals surface area contributed by atoms with Gasteiger partial charge in [0.05, 0.1) is 10.7 Å². The van der Waals surface area contributed by atoms with Crippen LogP contribution in [0.2, 0.25) is 0 Å². The smallest absolute Gasteiger partial charge is 0.263 e. The minimum atomic E-state index is -0.0420. The number of nitrogens with two attached hydrogens (primary N) is 1. The predicted molar refractivity (Wildman–Crippen MR) is 85.9 cm³/mol. The van der Waals surface area contributed by atoms with E-state index < -0.39 is 0 Å². The lowest BCUT2D eigenvalue weighted by molar-refractivity contribution is 0.0939. The van der Waals surface area contributed by atoms with Gasteiger partial charge in [-0.15, -0.1) is 36.2 Å². The SMILES string of the molecule is CCCCC(CN)NC(=O)c1sc(C)nc1C.Cl.Cl. The van der Waals surface area contributed by atoms with Gasteiger partial charge in [-0.3, -0.25) is 4.79 Å². The van der Waals surface area contributed by atoms with E-state index in [1.807, 2.05) is 13.8 Å². The summed E-state index contributed by atoms with van der Waals surface area (Å²) in [6, 6.07) is 0.0734. The van der Waals surface area contributed by atoms with Crippen LogP contribution in [-0.2, 0) is 0 Å². The number of hydrogen-bond acceptors (Lipinski definition) is 4. The molecule has 0 fully saturated rings. The number of thiazole rings is 1. The molecule has 1 aromatic heterocycles. The van der Waals surface area contributed by atoms with Crippen molar-refractivity contribution in [1.29, 1.82) is 0 Å². The van der Waals surface area contributed by atoms with Crippen LogP contribution in [0.15, 0.2) is 0 Å². The van der Waals surface area contributed by atoms with E-state index in [2.05, 4.69) is 17.2 Å². The molecule has 112 valence electrons. The van der Waals surface area contributed by atoms with E-state index in [4.69, 9.17) is 5.73 Å². The van der Waals surface area contributed by atoms with Gasteiger partial charge in [0.2, 0.25) is 0 Å². The fourth-order valence-electron chi connectivity index (χ4n) is 1.69. The second-order valence-corrected chi connectivity index (χ2v) is 5.40. The number of unbranched alkanes of at least 4 members (excludes halogenated alkanes) is 1. The van der Waals surface area contributed by atoms with Crippen LogP contribution in [0.1, 0.15) is 46.6 Å². The molecule has 7 heteroatoms. The number of hydrogen-bond donors (Lipinski definition) is 2. The molecule has 1 amide bonds. The summed E-state index contributed by atoms with van der Waals surface area (Å²) in [6.45, 7) is 6.39. The molecule has 0 radical (unpaired) electrons. The quantitative estimate of drug-likeness (QED) is 0.844. The normalized spacial score (nSPS) is 11.2. The Hall–Kier alpha value is -0.360. The molecule has 0 spiro atoms. The van der Waals surface area contributed by atoms with E-state index in [1.165, 1.54) is 11.3 Å². The maximum Gasteiger partial charge on any atom is 0.263 e. The first-order valence-corrected chi connectivity index (χ1v) is 6.85. The first-order valence-electron chi connectivity index (χ1n) is 6.03. The van der Waals surface area contributed by atoms with Gasteiger partial charge in [0.25, 0.3) is 5.91 Å². The Kier molecular flexibility index (Phi) is 11.5. The minimum Gasteiger partial charge on any atom is -0.347 e. The van der Waals surface area contributed by atoms with Crippen LogP contribution in [0.4, 0.5) is 0 Å². The molecule has 1 atom stereocenters. The zero-order valence-electron chi connectivity index (χ0n) is 11.6. The summed E-state index contributed by atoms with van der Waals surface area (Å²) in [4.78, 5) is 17.0. The average molecular weight is 328 g/mol. The molecule has 0 aromatic carbocycles. The monoisotopic (exact) mass is 327 g/mol. The molecule has 4 nitrogen and oxygen atoms in total. The van der Waals surface area contributed by atoms with E-state index in [0.29, 0.717) is 11.4 Å². The predicted octanol–water partition coefficient (Wildman–Crippen LogP) is 2.85. The summed E-state index contributed by atoms with van der Waals surface area (Å²) < 4.78 is 0. The Morgan fingerprint density at radius 3 is 2.47 bits per heavy atom. The maximum atomic E-state index is 12.0. The molecule has 1 heterocycles. The lowest BCUT2D eigenvalue weighted by Crippen LogP contribution is -2.40. The van der Waals surface area contributed by atoms with Crippen LogP contribution >= 0.6 is 36.2 Å². The lowest BCUT2D eigenvalue weighted by atomic mass is 10.1. The molecular weight excluding hydrogens is 305 g/mol. The van der Waals surface area contributed by atoms with Crippen molar-refractivity contribution in [1.82, 2.24) is 10.3 Å². The molecule has 1 rings (SSSR count). The van der Waals surface area contributed by atoms with Gasteiger partial charge in [-0.05, 0) is 20.3 Å². The van der Waals surface area contributed by atoms with E-state index >= 15 is 0 Å². The number of halogens is 2. The number of nitrogens with one attached hydrogen (secondary N) is 1. The van der Waals surface area contributed by atoms with Crippen molar-refractivity contribution in [3.8, 4) is 0 Å². The van der Waals surface area contributed by atoms with E-state index in [0.717, 1.165) is 30.0 Å². The molecule has 19 heavy (non-hydrogen) atoms. The van der Waals surface area contributed by atoms with Crippen LogP contribution in [0.5, 0.6) is 0 Å². The Labute approximate surface area is 131 Å². The first-order chi connectivity index (χ1) is 8.08. The summed E-state index contributed by atoms with van der Waals surface area (Å²) in [5.74, 6) is -0.0420. The molecule has 0 aliphatic heterocycles. The van der Waals surface area contributed by atoms with Crippen molar-refractivity contribution in [2.24, 2.45) is 5.73 Å². The van der Waals surface area contributed by atoms with Gasteiger partial charge >= 0.3 is 0 Å². The Morgan fingerprint density at radius 1 is 1.42 bits per heavy atom. The molecule has 0 saturated heterocycles. The van der Waals surface area contributed by atoms with Crippen molar-refractivity contribution in [2.75, 3.05) is 6.54 Å². The van der Waals surface area contributed by atoms with Crippen LogP contribution in [0.25, 0.3) is 0 Å². The summed E-state index contributed by atoms with van der Waals surface area (Å²) in [5.41, 5.74) is 6.46. The second kappa shape index (κ2) is 10.4. The molecule has 1 aromatic rings. The third-order valence-corrected chi connectivity index (χ3v) is 3.71. The molecule has 0 aliphatic carbocycles. The second-order valence-electron chi connectivity index (χ2n) is 4.20. The largest absolute Gasteiger partial charge is 0.347 e. The van der Waals surface area contributed by atoms with Crippen molar-refractivity contribution >= 4 is 42.1 Å². The zero-order valence-corrected chi connectivity index (χ0v) is 14.0. The number of carbonyl (C=O) groups excluding carboxylic acids is 1. The number of aromatic nitrogens is 1. The summed E-state index contributed by atoms with van der Waals surface area (Å²) >= 11 is 1.43. The van der Waals surface area contributed by atoms with Gasteiger partial charge in [0, 0.05) is 12.6 Å².